The van der Waals surface area contributed by atoms with E-state index in [2.05, 4.69) is 9.82 Å². The molecule has 2 unspecified atom stereocenters. The van der Waals surface area contributed by atoms with Crippen LogP contribution in [-0.4, -0.2) is 68.0 Å². The van der Waals surface area contributed by atoms with Crippen molar-refractivity contribution in [3.63, 3.8) is 0 Å². The zero-order chi connectivity index (χ0) is 22.9. The molecule has 0 aliphatic carbocycles. The Morgan fingerprint density at radius 3 is 2.32 bits per heavy atom. The summed E-state index contributed by atoms with van der Waals surface area (Å²) in [7, 11) is -4.44. The lowest BCUT2D eigenvalue weighted by molar-refractivity contribution is -0.197. The molecule has 1 aliphatic rings. The lowest BCUT2D eigenvalue weighted by atomic mass is 10.4. The summed E-state index contributed by atoms with van der Waals surface area (Å²) in [5.74, 6) is -1.62. The lowest BCUT2D eigenvalue weighted by Crippen LogP contribution is -2.32. The van der Waals surface area contributed by atoms with Crippen LogP contribution in [-0.2, 0) is 28.4 Å². The molecule has 1 aromatic heterocycles. The minimum absolute atomic E-state index is 0.0317. The van der Waals surface area contributed by atoms with Crippen molar-refractivity contribution in [2.24, 2.45) is 0 Å². The average molecular weight is 510 g/mol. The van der Waals surface area contributed by atoms with Crippen molar-refractivity contribution in [1.29, 1.82) is 0 Å². The van der Waals surface area contributed by atoms with Crippen LogP contribution < -0.4 is 0 Å². The molecule has 1 aliphatic heterocycles. The second kappa shape index (κ2) is 12.2. The third-order valence-electron chi connectivity index (χ3n) is 4.18. The number of hydroxylamine groups is 2. The van der Waals surface area contributed by atoms with Crippen molar-refractivity contribution in [2.75, 3.05) is 30.4 Å². The second-order valence-corrected chi connectivity index (χ2v) is 14.4. The van der Waals surface area contributed by atoms with Crippen LogP contribution >= 0.6 is 36.3 Å². The molecular formula is C17H24N2O8P2S2. The Hall–Kier alpha value is -1.16. The number of rotatable bonds is 13. The quantitative estimate of drug-likeness (QED) is 0.174. The Morgan fingerprint density at radius 1 is 1.06 bits per heavy atom. The van der Waals surface area contributed by atoms with Gasteiger partial charge in [-0.1, -0.05) is 16.9 Å². The largest absolute Gasteiger partial charge is 0.344 e. The Bertz CT molecular complexity index is 870. The van der Waals surface area contributed by atoms with Gasteiger partial charge in [0, 0.05) is 49.4 Å². The lowest BCUT2D eigenvalue weighted by Gasteiger charge is -2.16. The van der Waals surface area contributed by atoms with Crippen LogP contribution in [0, 0.1) is 0 Å². The summed E-state index contributed by atoms with van der Waals surface area (Å²) in [6, 6.07) is 5.55. The van der Waals surface area contributed by atoms with E-state index in [0.717, 1.165) is 5.03 Å². The van der Waals surface area contributed by atoms with Gasteiger partial charge in [0.15, 0.2) is 0 Å². The Morgan fingerprint density at radius 2 is 1.71 bits per heavy atom. The first-order valence-electron chi connectivity index (χ1n) is 9.47. The van der Waals surface area contributed by atoms with E-state index in [1.165, 1.54) is 21.6 Å². The fourth-order valence-corrected chi connectivity index (χ4v) is 8.79. The summed E-state index contributed by atoms with van der Waals surface area (Å²) in [6.45, 7) is 0. The molecule has 0 spiro atoms. The van der Waals surface area contributed by atoms with Crippen LogP contribution in [0.15, 0.2) is 29.4 Å². The number of hydrogen-bond donors (Lipinski definition) is 2. The molecule has 0 saturated carbocycles. The third kappa shape index (κ3) is 9.89. The number of hydrogen-bond acceptors (Lipinski definition) is 9. The first-order valence-corrected chi connectivity index (χ1v) is 15.8. The van der Waals surface area contributed by atoms with Gasteiger partial charge in [-0.2, -0.15) is 0 Å². The normalized spacial score (nSPS) is 17.9. The first-order chi connectivity index (χ1) is 14.6. The number of aromatic nitrogens is 1. The number of imide groups is 1. The van der Waals surface area contributed by atoms with Crippen LogP contribution in [0.1, 0.15) is 25.7 Å². The van der Waals surface area contributed by atoms with Gasteiger partial charge < -0.3 is 14.6 Å². The van der Waals surface area contributed by atoms with Crippen LogP contribution in [0.3, 0.4) is 0 Å². The summed E-state index contributed by atoms with van der Waals surface area (Å²) < 4.78 is 24.5. The number of nitrogens with zero attached hydrogens (tertiary/aromatic N) is 2. The third-order valence-corrected chi connectivity index (χ3v) is 10.7. The molecule has 14 heteroatoms. The maximum absolute atomic E-state index is 12.3. The van der Waals surface area contributed by atoms with Crippen molar-refractivity contribution >= 4 is 54.1 Å². The molecule has 2 heterocycles. The molecule has 172 valence electrons. The van der Waals surface area contributed by atoms with Crippen LogP contribution in [0.4, 0.5) is 0 Å². The predicted octanol–water partition coefficient (Wildman–Crippen LogP) is 2.75. The SMILES string of the molecule is O=C(CCP(=O)(O)CCP(=O)(O)CCCSSc1ccccn1)ON1C(=O)CCC1=O. The highest BCUT2D eigenvalue weighted by Gasteiger charge is 2.33. The summed E-state index contributed by atoms with van der Waals surface area (Å²) in [5, 5.41) is 1.22. The van der Waals surface area contributed by atoms with Gasteiger partial charge in [0.1, 0.15) is 5.03 Å². The van der Waals surface area contributed by atoms with E-state index in [9.17, 15) is 33.3 Å². The molecule has 2 amide bonds. The Kier molecular flexibility index (Phi) is 10.3. The van der Waals surface area contributed by atoms with E-state index in [4.69, 9.17) is 0 Å². The van der Waals surface area contributed by atoms with Gasteiger partial charge >= 0.3 is 5.97 Å². The summed E-state index contributed by atoms with van der Waals surface area (Å²) in [6.07, 6.45) is 0.432. The fraction of sp³-hybridized carbons (Fsp3) is 0.529. The first kappa shape index (κ1) is 26.1. The van der Waals surface area contributed by atoms with Gasteiger partial charge in [-0.3, -0.25) is 18.7 Å². The number of amides is 2. The molecular weight excluding hydrogens is 486 g/mol. The zero-order valence-electron chi connectivity index (χ0n) is 16.6. The minimum Gasteiger partial charge on any atom is -0.344 e. The molecule has 31 heavy (non-hydrogen) atoms. The van der Waals surface area contributed by atoms with Gasteiger partial charge in [-0.25, -0.2) is 9.78 Å². The molecule has 1 fully saturated rings. The zero-order valence-corrected chi connectivity index (χ0v) is 20.0. The van der Waals surface area contributed by atoms with Crippen molar-refractivity contribution in [3.8, 4) is 0 Å². The molecule has 0 aromatic carbocycles. The number of carbonyl (C=O) groups is 3. The molecule has 0 bridgehead atoms. The van der Waals surface area contributed by atoms with Gasteiger partial charge in [0.25, 0.3) is 11.8 Å². The van der Waals surface area contributed by atoms with Crippen LogP contribution in [0.5, 0.6) is 0 Å². The summed E-state index contributed by atoms with van der Waals surface area (Å²) in [4.78, 5) is 63.3. The maximum atomic E-state index is 12.3. The minimum atomic E-state index is -3.84. The van der Waals surface area contributed by atoms with Gasteiger partial charge in [-0.05, 0) is 29.3 Å². The maximum Gasteiger partial charge on any atom is 0.333 e. The van der Waals surface area contributed by atoms with Crippen molar-refractivity contribution < 1.29 is 38.1 Å². The second-order valence-electron chi connectivity index (χ2n) is 6.81. The van der Waals surface area contributed by atoms with Gasteiger partial charge in [-0.15, -0.1) is 5.06 Å². The molecule has 2 N–H and O–H groups in total. The van der Waals surface area contributed by atoms with E-state index in [0.29, 0.717) is 17.2 Å². The molecule has 2 rings (SSSR count). The average Bonchev–Trinajstić information content (AvgIpc) is 3.04. The standard InChI is InChI=1S/C17H24N2O8P2S2/c20-15-5-6-16(21)19(15)27-17(22)7-10-29(25,26)12-11-28(23,24)9-3-13-30-31-14-4-1-2-8-18-14/h1-2,4,8H,3,5-7,9-13H2,(H,23,24)(H,25,26). The smallest absolute Gasteiger partial charge is 0.333 e. The highest BCUT2D eigenvalue weighted by atomic mass is 33.1. The van der Waals surface area contributed by atoms with Crippen molar-refractivity contribution in [2.45, 2.75) is 30.7 Å². The number of carbonyl (C=O) groups excluding carboxylic acids is 3. The Labute approximate surface area is 187 Å². The molecule has 0 radical (unpaired) electrons. The van der Waals surface area contributed by atoms with E-state index < -0.39 is 51.3 Å². The van der Waals surface area contributed by atoms with E-state index in [-0.39, 0.29) is 25.2 Å². The molecule has 2 atom stereocenters. The molecule has 10 nitrogen and oxygen atoms in total. The fourth-order valence-electron chi connectivity index (χ4n) is 2.48. The topological polar surface area (TPSA) is 151 Å². The van der Waals surface area contributed by atoms with E-state index in [1.807, 2.05) is 18.2 Å². The van der Waals surface area contributed by atoms with Crippen molar-refractivity contribution in [3.05, 3.63) is 24.4 Å². The predicted molar refractivity (Wildman–Crippen MR) is 118 cm³/mol. The number of pyridine rings is 1. The summed E-state index contributed by atoms with van der Waals surface area (Å²) >= 11 is 0. The van der Waals surface area contributed by atoms with Gasteiger partial charge in [0.05, 0.1) is 6.42 Å². The van der Waals surface area contributed by atoms with Crippen LogP contribution in [0.2, 0.25) is 0 Å². The summed E-state index contributed by atoms with van der Waals surface area (Å²) in [5.41, 5.74) is 0. The van der Waals surface area contributed by atoms with Crippen LogP contribution in [0.25, 0.3) is 0 Å². The van der Waals surface area contributed by atoms with E-state index in [1.54, 1.807) is 6.20 Å². The molecule has 1 aromatic rings. The highest BCUT2D eigenvalue weighted by molar-refractivity contribution is 8.76. The Balaban J connectivity index is 1.64. The van der Waals surface area contributed by atoms with Gasteiger partial charge in [0.2, 0.25) is 14.7 Å². The van der Waals surface area contributed by atoms with Crippen molar-refractivity contribution in [1.82, 2.24) is 10.0 Å². The highest BCUT2D eigenvalue weighted by Crippen LogP contribution is 2.49. The van der Waals surface area contributed by atoms with E-state index >= 15 is 0 Å². The molecule has 1 saturated heterocycles. The monoisotopic (exact) mass is 510 g/mol.